The molecule has 0 bridgehead atoms. The number of rotatable bonds is 8. The molecule has 1 amide bonds. The summed E-state index contributed by atoms with van der Waals surface area (Å²) in [5.41, 5.74) is 1.85. The molecule has 1 saturated heterocycles. The van der Waals surface area contributed by atoms with Gasteiger partial charge >= 0.3 is 0 Å². The summed E-state index contributed by atoms with van der Waals surface area (Å²) in [4.78, 5) is 24.7. The summed E-state index contributed by atoms with van der Waals surface area (Å²) in [6, 6.07) is 5.62. The van der Waals surface area contributed by atoms with Gasteiger partial charge in [-0.1, -0.05) is 17.7 Å². The molecule has 1 aliphatic heterocycles. The zero-order chi connectivity index (χ0) is 24.4. The first kappa shape index (κ1) is 24.1. The smallest absolute Gasteiger partial charge is 0.256 e. The lowest BCUT2D eigenvalue weighted by Crippen LogP contribution is -2.33. The topological polar surface area (TPSA) is 99.6 Å². The number of carbonyl (C=O) groups is 1. The Labute approximate surface area is 211 Å². The molecule has 0 unspecified atom stereocenters. The summed E-state index contributed by atoms with van der Waals surface area (Å²) in [5.74, 6) is 2.02. The summed E-state index contributed by atoms with van der Waals surface area (Å²) in [7, 11) is 1.59. The number of hydrogen-bond donors (Lipinski definition) is 3. The van der Waals surface area contributed by atoms with Crippen molar-refractivity contribution in [1.29, 1.82) is 0 Å². The van der Waals surface area contributed by atoms with Crippen LogP contribution in [0.25, 0.3) is 0 Å². The van der Waals surface area contributed by atoms with Crippen LogP contribution in [0.15, 0.2) is 24.4 Å². The van der Waals surface area contributed by atoms with Gasteiger partial charge in [0.05, 0.1) is 18.2 Å². The summed E-state index contributed by atoms with van der Waals surface area (Å²) >= 11 is 6.30. The van der Waals surface area contributed by atoms with Gasteiger partial charge in [-0.05, 0) is 74.0 Å². The maximum Gasteiger partial charge on any atom is 0.256 e. The Morgan fingerprint density at radius 1 is 1.26 bits per heavy atom. The van der Waals surface area contributed by atoms with Crippen molar-refractivity contribution >= 4 is 29.3 Å². The normalized spacial score (nSPS) is 22.8. The zero-order valence-corrected chi connectivity index (χ0v) is 21.0. The minimum absolute atomic E-state index is 0.182. The average molecular weight is 500 g/mol. The molecule has 2 heterocycles. The number of hydrogen-bond acceptors (Lipinski definition) is 7. The van der Waals surface area contributed by atoms with E-state index < -0.39 is 0 Å². The molecule has 9 heteroatoms. The van der Waals surface area contributed by atoms with Gasteiger partial charge in [-0.15, -0.1) is 0 Å². The molecule has 0 radical (unpaired) electrons. The van der Waals surface area contributed by atoms with E-state index in [4.69, 9.17) is 21.3 Å². The number of benzene rings is 1. The molecule has 3 aliphatic rings. The van der Waals surface area contributed by atoms with Crippen molar-refractivity contribution in [3.05, 3.63) is 40.5 Å². The Balaban J connectivity index is 1.31. The Hall–Kier alpha value is -2.58. The third-order valence-electron chi connectivity index (χ3n) is 7.74. The molecule has 2 saturated carbocycles. The van der Waals surface area contributed by atoms with Crippen LogP contribution in [0.5, 0.6) is 5.75 Å². The highest BCUT2D eigenvalue weighted by molar-refractivity contribution is 6.32. The van der Waals surface area contributed by atoms with E-state index >= 15 is 0 Å². The third kappa shape index (κ3) is 5.64. The highest BCUT2D eigenvalue weighted by atomic mass is 35.5. The summed E-state index contributed by atoms with van der Waals surface area (Å²) < 4.78 is 5.25. The predicted molar refractivity (Wildman–Crippen MR) is 136 cm³/mol. The second-order valence-electron chi connectivity index (χ2n) is 10.3. The highest BCUT2D eigenvalue weighted by Gasteiger charge is 2.48. The Bertz CT molecular complexity index is 1070. The number of aromatic nitrogens is 2. The molecule has 3 fully saturated rings. The number of nitrogens with one attached hydrogen (secondary N) is 2. The lowest BCUT2D eigenvalue weighted by Gasteiger charge is -2.25. The van der Waals surface area contributed by atoms with Crippen molar-refractivity contribution in [3.63, 3.8) is 0 Å². The number of anilines is 2. The van der Waals surface area contributed by atoms with Crippen molar-refractivity contribution in [3.8, 4) is 5.75 Å². The van der Waals surface area contributed by atoms with Crippen molar-refractivity contribution < 1.29 is 14.6 Å². The first-order valence-corrected chi connectivity index (χ1v) is 13.0. The van der Waals surface area contributed by atoms with Crippen LogP contribution in [-0.4, -0.2) is 53.8 Å². The van der Waals surface area contributed by atoms with Crippen molar-refractivity contribution in [2.24, 2.45) is 11.3 Å². The monoisotopic (exact) mass is 499 g/mol. The van der Waals surface area contributed by atoms with Gasteiger partial charge in [0.15, 0.2) is 0 Å². The van der Waals surface area contributed by atoms with Gasteiger partial charge in [0.1, 0.15) is 17.1 Å². The molecule has 35 heavy (non-hydrogen) atoms. The molecule has 2 aliphatic carbocycles. The Kier molecular flexibility index (Phi) is 7.02. The number of ether oxygens (including phenoxy) is 1. The lowest BCUT2D eigenvalue weighted by atomic mass is 9.87. The van der Waals surface area contributed by atoms with E-state index in [2.05, 4.69) is 20.5 Å². The number of aliphatic hydroxyl groups excluding tert-OH is 1. The quantitative estimate of drug-likeness (QED) is 0.504. The number of methoxy groups -OCH3 is 1. The zero-order valence-electron chi connectivity index (χ0n) is 20.2. The van der Waals surface area contributed by atoms with E-state index in [9.17, 15) is 9.90 Å². The number of aliphatic hydroxyl groups is 1. The predicted octanol–water partition coefficient (Wildman–Crippen LogP) is 4.02. The van der Waals surface area contributed by atoms with Crippen molar-refractivity contribution in [2.75, 3.05) is 37.0 Å². The molecule has 0 atom stereocenters. The summed E-state index contributed by atoms with van der Waals surface area (Å²) in [6.07, 6.45) is 8.64. The van der Waals surface area contributed by atoms with Crippen molar-refractivity contribution in [2.45, 2.75) is 57.6 Å². The fraction of sp³-hybridized carbons (Fsp3) is 0.577. The first-order valence-electron chi connectivity index (χ1n) is 12.6. The second kappa shape index (κ2) is 10.2. The number of amides is 1. The number of carbonyl (C=O) groups excluding carboxylic acids is 1. The van der Waals surface area contributed by atoms with Gasteiger partial charge < -0.3 is 25.4 Å². The van der Waals surface area contributed by atoms with Gasteiger partial charge in [0, 0.05) is 32.4 Å². The molecule has 5 rings (SSSR count). The molecular weight excluding hydrogens is 466 g/mol. The second-order valence-corrected chi connectivity index (χ2v) is 10.7. The maximum absolute atomic E-state index is 13.1. The molecule has 3 N–H and O–H groups in total. The van der Waals surface area contributed by atoms with Crippen LogP contribution in [0.2, 0.25) is 5.02 Å². The fourth-order valence-corrected chi connectivity index (χ4v) is 5.48. The van der Waals surface area contributed by atoms with E-state index in [1.165, 1.54) is 19.3 Å². The molecule has 1 spiro atoms. The third-order valence-corrected chi connectivity index (χ3v) is 8.04. The standard InChI is InChI=1S/C26H34ClN5O3/c1-35-22-7-4-18(12-21(22)27)14-28-23-20(24(34)29-13-17-2-5-19(33)6-3-17)15-30-25(31-23)32-11-10-26(16-32)8-9-26/h4,7,12,15,17,19,33H,2-3,5-6,8-11,13-14,16H2,1H3,(H,29,34)(H,28,30,31). The fourth-order valence-electron chi connectivity index (χ4n) is 5.20. The Morgan fingerprint density at radius 2 is 2.06 bits per heavy atom. The van der Waals surface area contributed by atoms with Gasteiger partial charge in [-0.25, -0.2) is 4.98 Å². The van der Waals surface area contributed by atoms with Gasteiger partial charge in [0.2, 0.25) is 5.95 Å². The van der Waals surface area contributed by atoms with E-state index in [0.29, 0.717) is 52.5 Å². The van der Waals surface area contributed by atoms with Crippen LogP contribution in [0, 0.1) is 11.3 Å². The van der Waals surface area contributed by atoms with Gasteiger partial charge in [-0.3, -0.25) is 4.79 Å². The average Bonchev–Trinajstić information content (AvgIpc) is 3.50. The summed E-state index contributed by atoms with van der Waals surface area (Å²) in [5, 5.41) is 16.7. The minimum atomic E-state index is -0.203. The molecule has 2 aromatic rings. The van der Waals surface area contributed by atoms with Crippen LogP contribution in [0.1, 0.15) is 60.9 Å². The van der Waals surface area contributed by atoms with E-state index in [1.807, 2.05) is 18.2 Å². The van der Waals surface area contributed by atoms with Gasteiger partial charge in [0.25, 0.3) is 5.91 Å². The van der Waals surface area contributed by atoms with E-state index in [0.717, 1.165) is 44.3 Å². The molecule has 8 nitrogen and oxygen atoms in total. The molecule has 1 aromatic carbocycles. The highest BCUT2D eigenvalue weighted by Crippen LogP contribution is 2.53. The van der Waals surface area contributed by atoms with Crippen LogP contribution in [-0.2, 0) is 6.54 Å². The van der Waals surface area contributed by atoms with Crippen LogP contribution in [0.3, 0.4) is 0 Å². The maximum atomic E-state index is 13.1. The Morgan fingerprint density at radius 3 is 2.74 bits per heavy atom. The lowest BCUT2D eigenvalue weighted by molar-refractivity contribution is 0.0910. The van der Waals surface area contributed by atoms with Gasteiger partial charge in [-0.2, -0.15) is 4.98 Å². The van der Waals surface area contributed by atoms with E-state index in [-0.39, 0.29) is 12.0 Å². The minimum Gasteiger partial charge on any atom is -0.495 e. The SMILES string of the molecule is COc1ccc(CNc2nc(N3CCC4(CC4)C3)ncc2C(=O)NCC2CCC(O)CC2)cc1Cl. The molecular formula is C26H34ClN5O3. The van der Waals surface area contributed by atoms with Crippen LogP contribution >= 0.6 is 11.6 Å². The van der Waals surface area contributed by atoms with Crippen molar-refractivity contribution in [1.82, 2.24) is 15.3 Å². The molecule has 1 aromatic heterocycles. The largest absolute Gasteiger partial charge is 0.495 e. The first-order chi connectivity index (χ1) is 16.9. The van der Waals surface area contributed by atoms with Crippen LogP contribution in [0.4, 0.5) is 11.8 Å². The number of nitrogens with zero attached hydrogens (tertiary/aromatic N) is 3. The van der Waals surface area contributed by atoms with E-state index in [1.54, 1.807) is 13.3 Å². The van der Waals surface area contributed by atoms with Crippen LogP contribution < -0.4 is 20.3 Å². The number of halogens is 1. The molecule has 188 valence electrons. The summed E-state index contributed by atoms with van der Waals surface area (Å²) in [6.45, 7) is 2.99.